The summed E-state index contributed by atoms with van der Waals surface area (Å²) in [4.78, 5) is 12.7. The van der Waals surface area contributed by atoms with Gasteiger partial charge in [0.1, 0.15) is 0 Å². The van der Waals surface area contributed by atoms with Crippen LogP contribution in [0.15, 0.2) is 36.7 Å². The average Bonchev–Trinajstić information content (AvgIpc) is 3.19. The van der Waals surface area contributed by atoms with E-state index in [0.717, 1.165) is 16.8 Å². The molecular weight excluding hydrogens is 296 g/mol. The molecule has 0 aliphatic rings. The minimum Gasteiger partial charge on any atom is -0.465 e. The van der Waals surface area contributed by atoms with Crippen molar-refractivity contribution in [2.75, 3.05) is 6.61 Å². The van der Waals surface area contributed by atoms with Gasteiger partial charge in [-0.25, -0.2) is 9.48 Å². The molecule has 2 heterocycles. The van der Waals surface area contributed by atoms with Crippen molar-refractivity contribution in [1.82, 2.24) is 30.0 Å². The molecule has 0 aliphatic carbocycles. The Morgan fingerprint density at radius 2 is 2.22 bits per heavy atom. The van der Waals surface area contributed by atoms with E-state index >= 15 is 0 Å². The van der Waals surface area contributed by atoms with Gasteiger partial charge in [0.05, 0.1) is 12.3 Å². The number of carbonyl (C=O) groups is 1. The van der Waals surface area contributed by atoms with Crippen LogP contribution in [0.4, 0.5) is 0 Å². The van der Waals surface area contributed by atoms with Crippen molar-refractivity contribution in [3.63, 3.8) is 0 Å². The molecule has 3 rings (SSSR count). The number of ether oxygens (including phenoxy) is 1. The molecule has 0 radical (unpaired) electrons. The smallest absolute Gasteiger partial charge is 0.329 e. The molecule has 3 aromatic rings. The lowest BCUT2D eigenvalue weighted by molar-refractivity contribution is -0.144. The molecule has 8 heteroatoms. The number of aromatic nitrogens is 6. The van der Waals surface area contributed by atoms with Crippen molar-refractivity contribution in [3.05, 3.63) is 42.2 Å². The molecule has 0 aliphatic heterocycles. The lowest BCUT2D eigenvalue weighted by Gasteiger charge is -2.07. The summed E-state index contributed by atoms with van der Waals surface area (Å²) in [6, 6.07) is 7.68. The number of nitrogens with zero attached hydrogens (tertiary/aromatic N) is 6. The molecule has 1 aromatic carbocycles. The Morgan fingerprint density at radius 1 is 1.35 bits per heavy atom. The second kappa shape index (κ2) is 6.39. The van der Waals surface area contributed by atoms with Crippen LogP contribution in [0.3, 0.4) is 0 Å². The van der Waals surface area contributed by atoms with Crippen LogP contribution in [-0.4, -0.2) is 42.6 Å². The van der Waals surface area contributed by atoms with E-state index in [1.807, 2.05) is 37.4 Å². The summed E-state index contributed by atoms with van der Waals surface area (Å²) >= 11 is 0. The third kappa shape index (κ3) is 3.25. The predicted molar refractivity (Wildman–Crippen MR) is 81.7 cm³/mol. The zero-order valence-electron chi connectivity index (χ0n) is 12.9. The number of rotatable bonds is 5. The zero-order valence-corrected chi connectivity index (χ0v) is 12.9. The van der Waals surface area contributed by atoms with Gasteiger partial charge in [0.25, 0.3) is 0 Å². The van der Waals surface area contributed by atoms with Crippen molar-refractivity contribution in [3.8, 4) is 17.1 Å². The fourth-order valence-electron chi connectivity index (χ4n) is 2.15. The normalized spacial score (nSPS) is 10.7. The molecule has 0 fully saturated rings. The van der Waals surface area contributed by atoms with E-state index in [0.29, 0.717) is 12.4 Å². The molecule has 0 saturated heterocycles. The second-order valence-electron chi connectivity index (χ2n) is 4.90. The van der Waals surface area contributed by atoms with Gasteiger partial charge in [-0.15, -0.1) is 10.2 Å². The number of hydrogen-bond acceptors (Lipinski definition) is 6. The molecule has 0 amide bonds. The van der Waals surface area contributed by atoms with E-state index in [2.05, 4.69) is 20.5 Å². The fourth-order valence-corrected chi connectivity index (χ4v) is 2.15. The van der Waals surface area contributed by atoms with Crippen LogP contribution >= 0.6 is 0 Å². The minimum atomic E-state index is -0.391. The summed E-state index contributed by atoms with van der Waals surface area (Å²) in [5.74, 6) is 0.0558. The van der Waals surface area contributed by atoms with Gasteiger partial charge in [-0.2, -0.15) is 9.90 Å². The highest BCUT2D eigenvalue weighted by atomic mass is 16.5. The molecular formula is C15H16N6O2. The van der Waals surface area contributed by atoms with Gasteiger partial charge in [-0.3, -0.25) is 0 Å². The van der Waals surface area contributed by atoms with Crippen molar-refractivity contribution in [1.29, 1.82) is 0 Å². The first kappa shape index (κ1) is 14.9. The van der Waals surface area contributed by atoms with Crippen molar-refractivity contribution >= 4 is 5.97 Å². The number of benzene rings is 1. The molecule has 0 N–H and O–H groups in total. The molecule has 0 saturated carbocycles. The van der Waals surface area contributed by atoms with Crippen LogP contribution < -0.4 is 0 Å². The molecule has 0 bridgehead atoms. The van der Waals surface area contributed by atoms with E-state index in [-0.39, 0.29) is 6.54 Å². The summed E-state index contributed by atoms with van der Waals surface area (Å²) in [7, 11) is 0. The molecule has 118 valence electrons. The first-order valence-corrected chi connectivity index (χ1v) is 7.22. The van der Waals surface area contributed by atoms with Gasteiger partial charge in [0.2, 0.25) is 5.82 Å². The summed E-state index contributed by atoms with van der Waals surface area (Å²) in [6.45, 7) is 4.03. The quantitative estimate of drug-likeness (QED) is 0.662. The number of hydrogen-bond donors (Lipinski definition) is 0. The topological polar surface area (TPSA) is 87.7 Å². The van der Waals surface area contributed by atoms with Gasteiger partial charge in [0.15, 0.2) is 6.54 Å². The molecule has 0 unspecified atom stereocenters. The Hall–Kier alpha value is -3.03. The molecule has 8 nitrogen and oxygen atoms in total. The number of esters is 1. The standard InChI is InChI=1S/C15H16N6O2/c1-3-23-14(22)10-21-18-15(17-19-21)12-6-5-11(2)13(9-12)20-8-4-7-16-20/h4-9H,3,10H2,1-2H3. The fraction of sp³-hybridized carbons (Fsp3) is 0.267. The van der Waals surface area contributed by atoms with Gasteiger partial charge in [0, 0.05) is 18.0 Å². The number of tetrazole rings is 1. The maximum atomic E-state index is 11.4. The van der Waals surface area contributed by atoms with Gasteiger partial charge < -0.3 is 4.74 Å². The van der Waals surface area contributed by atoms with E-state index in [9.17, 15) is 4.79 Å². The Labute approximate surface area is 132 Å². The second-order valence-corrected chi connectivity index (χ2v) is 4.90. The molecule has 0 spiro atoms. The maximum absolute atomic E-state index is 11.4. The Morgan fingerprint density at radius 3 is 2.96 bits per heavy atom. The largest absolute Gasteiger partial charge is 0.465 e. The van der Waals surface area contributed by atoms with E-state index in [4.69, 9.17) is 4.74 Å². The third-order valence-corrected chi connectivity index (χ3v) is 3.25. The van der Waals surface area contributed by atoms with Crippen LogP contribution in [0.1, 0.15) is 12.5 Å². The highest BCUT2D eigenvalue weighted by Gasteiger charge is 2.11. The zero-order chi connectivity index (χ0) is 16.2. The lowest BCUT2D eigenvalue weighted by atomic mass is 10.1. The lowest BCUT2D eigenvalue weighted by Crippen LogP contribution is -2.15. The SMILES string of the molecule is CCOC(=O)Cn1nnc(-c2ccc(C)c(-n3cccn3)c2)n1. The van der Waals surface area contributed by atoms with Crippen LogP contribution in [0, 0.1) is 6.92 Å². The Kier molecular flexibility index (Phi) is 4.13. The summed E-state index contributed by atoms with van der Waals surface area (Å²) in [5.41, 5.74) is 2.82. The van der Waals surface area contributed by atoms with E-state index in [1.165, 1.54) is 4.80 Å². The van der Waals surface area contributed by atoms with Crippen LogP contribution in [0.5, 0.6) is 0 Å². The Balaban J connectivity index is 1.86. The van der Waals surface area contributed by atoms with E-state index in [1.54, 1.807) is 17.8 Å². The highest BCUT2D eigenvalue weighted by molar-refractivity contribution is 5.69. The molecule has 0 atom stereocenters. The van der Waals surface area contributed by atoms with Crippen molar-refractivity contribution in [2.24, 2.45) is 0 Å². The maximum Gasteiger partial charge on any atom is 0.329 e. The minimum absolute atomic E-state index is 0.0568. The highest BCUT2D eigenvalue weighted by Crippen LogP contribution is 2.21. The summed E-state index contributed by atoms with van der Waals surface area (Å²) in [5, 5.41) is 16.3. The van der Waals surface area contributed by atoms with Crippen LogP contribution in [0.25, 0.3) is 17.1 Å². The Bertz CT molecular complexity index is 809. The number of aryl methyl sites for hydroxylation is 1. The molecule has 23 heavy (non-hydrogen) atoms. The van der Waals surface area contributed by atoms with Gasteiger partial charge in [-0.05, 0) is 36.8 Å². The van der Waals surface area contributed by atoms with Gasteiger partial charge >= 0.3 is 5.97 Å². The first-order chi connectivity index (χ1) is 11.2. The van der Waals surface area contributed by atoms with Crippen molar-refractivity contribution < 1.29 is 9.53 Å². The van der Waals surface area contributed by atoms with Crippen molar-refractivity contribution in [2.45, 2.75) is 20.4 Å². The molecule has 2 aromatic heterocycles. The van der Waals surface area contributed by atoms with Crippen LogP contribution in [-0.2, 0) is 16.1 Å². The van der Waals surface area contributed by atoms with E-state index < -0.39 is 5.97 Å². The van der Waals surface area contributed by atoms with Crippen LogP contribution in [0.2, 0.25) is 0 Å². The third-order valence-electron chi connectivity index (χ3n) is 3.25. The van der Waals surface area contributed by atoms with Gasteiger partial charge in [-0.1, -0.05) is 12.1 Å². The first-order valence-electron chi connectivity index (χ1n) is 7.22. The number of carbonyl (C=O) groups excluding carboxylic acids is 1. The predicted octanol–water partition coefficient (Wildman–Crippen LogP) is 1.40. The summed E-state index contributed by atoms with van der Waals surface area (Å²) in [6.07, 6.45) is 3.59. The summed E-state index contributed by atoms with van der Waals surface area (Å²) < 4.78 is 6.65. The average molecular weight is 312 g/mol. The monoisotopic (exact) mass is 312 g/mol.